The molecule has 248 valence electrons. The Bertz CT molecular complexity index is 674. The van der Waals surface area contributed by atoms with Crippen LogP contribution in [0.25, 0.3) is 0 Å². The molecular weight excluding hydrogens is 544 g/mol. The first-order valence-corrected chi connectivity index (χ1v) is 16.6. The molecule has 6 atom stereocenters. The van der Waals surface area contributed by atoms with Crippen molar-refractivity contribution in [3.05, 3.63) is 0 Å². The van der Waals surface area contributed by atoms with Gasteiger partial charge in [-0.05, 0) is 12.8 Å². The molecule has 42 heavy (non-hydrogen) atoms. The highest BCUT2D eigenvalue weighted by Crippen LogP contribution is 2.22. The first-order valence-electron chi connectivity index (χ1n) is 16.6. The minimum atomic E-state index is -1.59. The molecule has 10 heteroatoms. The van der Waals surface area contributed by atoms with E-state index in [2.05, 4.69) is 13.8 Å². The molecule has 0 bridgehead atoms. The fourth-order valence-corrected chi connectivity index (χ4v) is 5.01. The third-order valence-electron chi connectivity index (χ3n) is 7.74. The standard InChI is InChI=1S/C32H60O10/c1-3-5-7-9-11-13-15-16-18-20-27(34)39-23-25(41-28(35)21-19-17-14-12-10-8-6-4-2)24-40-32-31(38)30(37)29(36)26(22-33)42-32/h25-26,29-33,36-38H,3-24H2,1-2H3/t25-,26-,29+,30?,31?,32-/m1/s1. The van der Waals surface area contributed by atoms with Gasteiger partial charge in [0.25, 0.3) is 0 Å². The molecule has 0 spiro atoms. The third-order valence-corrected chi connectivity index (χ3v) is 7.74. The average Bonchev–Trinajstić information content (AvgIpc) is 2.98. The summed E-state index contributed by atoms with van der Waals surface area (Å²) in [5.41, 5.74) is 0. The lowest BCUT2D eigenvalue weighted by atomic mass is 9.99. The highest BCUT2D eigenvalue weighted by atomic mass is 16.7. The van der Waals surface area contributed by atoms with Crippen LogP contribution < -0.4 is 0 Å². The van der Waals surface area contributed by atoms with Gasteiger partial charge >= 0.3 is 11.9 Å². The van der Waals surface area contributed by atoms with Crippen LogP contribution in [0.3, 0.4) is 0 Å². The lowest BCUT2D eigenvalue weighted by Gasteiger charge is -2.39. The van der Waals surface area contributed by atoms with E-state index in [1.165, 1.54) is 64.2 Å². The van der Waals surface area contributed by atoms with E-state index in [9.17, 15) is 30.0 Å². The van der Waals surface area contributed by atoms with Crippen molar-refractivity contribution in [2.24, 2.45) is 0 Å². The van der Waals surface area contributed by atoms with Gasteiger partial charge in [0.2, 0.25) is 0 Å². The number of ether oxygens (including phenoxy) is 4. The number of hydrogen-bond donors (Lipinski definition) is 4. The van der Waals surface area contributed by atoms with Gasteiger partial charge in [-0.1, -0.05) is 110 Å². The number of hydrogen-bond acceptors (Lipinski definition) is 10. The molecule has 4 N–H and O–H groups in total. The molecule has 0 aliphatic carbocycles. The molecule has 0 amide bonds. The smallest absolute Gasteiger partial charge is 0.306 e. The zero-order valence-corrected chi connectivity index (χ0v) is 26.3. The van der Waals surface area contributed by atoms with Gasteiger partial charge in [0.15, 0.2) is 12.4 Å². The summed E-state index contributed by atoms with van der Waals surface area (Å²) in [6.07, 6.45) is 11.4. The van der Waals surface area contributed by atoms with Crippen LogP contribution >= 0.6 is 0 Å². The molecule has 1 aliphatic rings. The molecule has 0 aromatic carbocycles. The van der Waals surface area contributed by atoms with Gasteiger partial charge in [0.05, 0.1) is 13.2 Å². The monoisotopic (exact) mass is 604 g/mol. The van der Waals surface area contributed by atoms with Crippen LogP contribution in [0.4, 0.5) is 0 Å². The zero-order valence-electron chi connectivity index (χ0n) is 26.3. The summed E-state index contributed by atoms with van der Waals surface area (Å²) in [5.74, 6) is -0.812. The lowest BCUT2D eigenvalue weighted by molar-refractivity contribution is -0.305. The van der Waals surface area contributed by atoms with Gasteiger partial charge in [-0.3, -0.25) is 9.59 Å². The first-order chi connectivity index (χ1) is 20.3. The number of unbranched alkanes of at least 4 members (excludes halogenated alkanes) is 15. The van der Waals surface area contributed by atoms with E-state index in [0.29, 0.717) is 6.42 Å². The SMILES string of the molecule is CCCCCCCCCCCC(=O)OC[C@H](CO[C@@H]1O[C@H](CO)[C@H](O)C(O)C1O)OC(=O)CCCCCCCCCC. The Morgan fingerprint density at radius 2 is 1.12 bits per heavy atom. The van der Waals surface area contributed by atoms with Crippen molar-refractivity contribution < 1.29 is 49.0 Å². The molecule has 0 aromatic heterocycles. The van der Waals surface area contributed by atoms with Gasteiger partial charge < -0.3 is 39.4 Å². The summed E-state index contributed by atoms with van der Waals surface area (Å²) < 4.78 is 21.9. The maximum absolute atomic E-state index is 12.5. The summed E-state index contributed by atoms with van der Waals surface area (Å²) in [4.78, 5) is 24.9. The van der Waals surface area contributed by atoms with E-state index in [-0.39, 0.29) is 32.0 Å². The highest BCUT2D eigenvalue weighted by Gasteiger charge is 2.44. The van der Waals surface area contributed by atoms with Gasteiger partial charge in [-0.25, -0.2) is 0 Å². The summed E-state index contributed by atoms with van der Waals surface area (Å²) >= 11 is 0. The first kappa shape index (κ1) is 38.7. The Balaban J connectivity index is 2.47. The average molecular weight is 605 g/mol. The maximum Gasteiger partial charge on any atom is 0.306 e. The molecule has 1 heterocycles. The second-order valence-corrected chi connectivity index (χ2v) is 11.6. The van der Waals surface area contributed by atoms with Crippen molar-refractivity contribution in [1.82, 2.24) is 0 Å². The van der Waals surface area contributed by atoms with Crippen molar-refractivity contribution in [3.8, 4) is 0 Å². The zero-order chi connectivity index (χ0) is 31.0. The molecule has 1 aliphatic heterocycles. The van der Waals surface area contributed by atoms with Crippen molar-refractivity contribution in [2.45, 2.75) is 173 Å². The van der Waals surface area contributed by atoms with Crippen molar-refractivity contribution in [1.29, 1.82) is 0 Å². The van der Waals surface area contributed by atoms with Crippen LogP contribution in [0.5, 0.6) is 0 Å². The molecule has 0 radical (unpaired) electrons. The van der Waals surface area contributed by atoms with Crippen LogP contribution in [0, 0.1) is 0 Å². The Morgan fingerprint density at radius 1 is 0.643 bits per heavy atom. The summed E-state index contributed by atoms with van der Waals surface area (Å²) in [5, 5.41) is 39.6. The largest absolute Gasteiger partial charge is 0.462 e. The minimum absolute atomic E-state index is 0.211. The van der Waals surface area contributed by atoms with Crippen LogP contribution in [0.1, 0.15) is 136 Å². The van der Waals surface area contributed by atoms with Gasteiger partial charge in [0.1, 0.15) is 31.0 Å². The Morgan fingerprint density at radius 3 is 1.62 bits per heavy atom. The second-order valence-electron chi connectivity index (χ2n) is 11.6. The minimum Gasteiger partial charge on any atom is -0.462 e. The molecule has 0 saturated carbocycles. The molecule has 0 aromatic rings. The predicted octanol–water partition coefficient (Wildman–Crippen LogP) is 4.71. The number of rotatable bonds is 26. The number of aliphatic hydroxyl groups is 4. The van der Waals surface area contributed by atoms with Crippen molar-refractivity contribution in [2.75, 3.05) is 19.8 Å². The molecule has 1 fully saturated rings. The van der Waals surface area contributed by atoms with Gasteiger partial charge in [-0.15, -0.1) is 0 Å². The summed E-state index contributed by atoms with van der Waals surface area (Å²) in [6.45, 7) is 3.33. The number of esters is 2. The highest BCUT2D eigenvalue weighted by molar-refractivity contribution is 5.70. The fraction of sp³-hybridized carbons (Fsp3) is 0.938. The second kappa shape index (κ2) is 25.1. The number of carbonyl (C=O) groups excluding carboxylic acids is 2. The number of aliphatic hydroxyl groups excluding tert-OH is 4. The Hall–Kier alpha value is -1.30. The molecule has 2 unspecified atom stereocenters. The lowest BCUT2D eigenvalue weighted by Crippen LogP contribution is -2.59. The molecule has 1 saturated heterocycles. The topological polar surface area (TPSA) is 152 Å². The van der Waals surface area contributed by atoms with Crippen LogP contribution in [0.2, 0.25) is 0 Å². The van der Waals surface area contributed by atoms with Gasteiger partial charge in [0, 0.05) is 12.8 Å². The van der Waals surface area contributed by atoms with Crippen LogP contribution in [0.15, 0.2) is 0 Å². The normalized spacial score (nSPS) is 23.0. The van der Waals surface area contributed by atoms with E-state index < -0.39 is 49.4 Å². The fourth-order valence-electron chi connectivity index (χ4n) is 5.01. The van der Waals surface area contributed by atoms with E-state index in [0.717, 1.165) is 38.5 Å². The number of carbonyl (C=O) groups is 2. The van der Waals surface area contributed by atoms with E-state index in [1.807, 2.05) is 0 Å². The molecule has 1 rings (SSSR count). The summed E-state index contributed by atoms with van der Waals surface area (Å²) in [6, 6.07) is 0. The van der Waals surface area contributed by atoms with Gasteiger partial charge in [-0.2, -0.15) is 0 Å². The van der Waals surface area contributed by atoms with Crippen LogP contribution in [-0.4, -0.2) is 89.0 Å². The van der Waals surface area contributed by atoms with E-state index in [4.69, 9.17) is 18.9 Å². The summed E-state index contributed by atoms with van der Waals surface area (Å²) in [7, 11) is 0. The van der Waals surface area contributed by atoms with Crippen molar-refractivity contribution >= 4 is 11.9 Å². The van der Waals surface area contributed by atoms with Crippen LogP contribution in [-0.2, 0) is 28.5 Å². The third kappa shape index (κ3) is 17.7. The molecule has 10 nitrogen and oxygen atoms in total. The quantitative estimate of drug-likeness (QED) is 0.0807. The predicted molar refractivity (Wildman–Crippen MR) is 160 cm³/mol. The Labute approximate surface area is 253 Å². The van der Waals surface area contributed by atoms with Crippen molar-refractivity contribution in [3.63, 3.8) is 0 Å². The van der Waals surface area contributed by atoms with E-state index in [1.54, 1.807) is 0 Å². The Kier molecular flexibility index (Phi) is 23.1. The maximum atomic E-state index is 12.5. The van der Waals surface area contributed by atoms with E-state index >= 15 is 0 Å². The molecular formula is C32H60O10.